The molecule has 0 spiro atoms. The summed E-state index contributed by atoms with van der Waals surface area (Å²) in [7, 11) is 0. The molecule has 1 atom stereocenters. The van der Waals surface area contributed by atoms with Crippen LogP contribution in [0.15, 0.2) is 24.3 Å². The molecule has 1 saturated heterocycles. The van der Waals surface area contributed by atoms with E-state index in [9.17, 15) is 9.18 Å². The maximum Gasteiger partial charge on any atom is 0.168 e. The zero-order chi connectivity index (χ0) is 12.3. The molecule has 0 aliphatic carbocycles. The van der Waals surface area contributed by atoms with Crippen molar-refractivity contribution in [3.63, 3.8) is 0 Å². The molecule has 17 heavy (non-hydrogen) atoms. The average Bonchev–Trinajstić information content (AvgIpc) is 2.33. The van der Waals surface area contributed by atoms with E-state index in [4.69, 9.17) is 4.74 Å². The van der Waals surface area contributed by atoms with Crippen LogP contribution in [0.25, 0.3) is 0 Å². The third-order valence-corrected chi connectivity index (χ3v) is 3.37. The van der Waals surface area contributed by atoms with Crippen LogP contribution in [0.2, 0.25) is 0 Å². The van der Waals surface area contributed by atoms with Crippen molar-refractivity contribution in [2.75, 3.05) is 6.61 Å². The van der Waals surface area contributed by atoms with E-state index >= 15 is 0 Å². The molecule has 3 heteroatoms. The molecule has 1 heterocycles. The Bertz CT molecular complexity index is 408. The molecule has 0 N–H and O–H groups in total. The van der Waals surface area contributed by atoms with E-state index in [1.807, 2.05) is 6.92 Å². The first-order valence-electron chi connectivity index (χ1n) is 6.02. The number of rotatable bonds is 3. The maximum atomic E-state index is 13.4. The van der Waals surface area contributed by atoms with Gasteiger partial charge in [0.1, 0.15) is 11.4 Å². The normalized spacial score (nSPS) is 24.6. The zero-order valence-electron chi connectivity index (χ0n) is 10.0. The van der Waals surface area contributed by atoms with Gasteiger partial charge in [0.25, 0.3) is 0 Å². The van der Waals surface area contributed by atoms with Gasteiger partial charge in [0.15, 0.2) is 5.78 Å². The molecular formula is C14H17FO2. The first-order chi connectivity index (χ1) is 8.12. The summed E-state index contributed by atoms with van der Waals surface area (Å²) in [5.74, 6) is -0.345. The van der Waals surface area contributed by atoms with E-state index in [2.05, 4.69) is 0 Å². The molecular weight excluding hydrogens is 219 g/mol. The van der Waals surface area contributed by atoms with E-state index in [0.717, 1.165) is 19.3 Å². The van der Waals surface area contributed by atoms with E-state index < -0.39 is 5.60 Å². The SMILES string of the molecule is CC1(C(=O)Cc2ccccc2F)CCCCO1. The standard InChI is InChI=1S/C14H17FO2/c1-14(8-4-5-9-17-14)13(16)10-11-6-2-3-7-12(11)15/h2-3,6-7H,4-5,8-10H2,1H3. The van der Waals surface area contributed by atoms with Gasteiger partial charge in [0.2, 0.25) is 0 Å². The lowest BCUT2D eigenvalue weighted by molar-refractivity contribution is -0.147. The number of halogens is 1. The van der Waals surface area contributed by atoms with Crippen molar-refractivity contribution < 1.29 is 13.9 Å². The van der Waals surface area contributed by atoms with Crippen LogP contribution in [0.3, 0.4) is 0 Å². The van der Waals surface area contributed by atoms with Crippen LogP contribution in [0.4, 0.5) is 4.39 Å². The Morgan fingerprint density at radius 1 is 1.41 bits per heavy atom. The molecule has 0 radical (unpaired) electrons. The Morgan fingerprint density at radius 3 is 2.82 bits per heavy atom. The van der Waals surface area contributed by atoms with E-state index in [1.165, 1.54) is 6.07 Å². The quantitative estimate of drug-likeness (QED) is 0.806. The monoisotopic (exact) mass is 236 g/mol. The van der Waals surface area contributed by atoms with Crippen LogP contribution in [0.1, 0.15) is 31.7 Å². The van der Waals surface area contributed by atoms with Gasteiger partial charge >= 0.3 is 0 Å². The van der Waals surface area contributed by atoms with Crippen molar-refractivity contribution in [1.82, 2.24) is 0 Å². The van der Waals surface area contributed by atoms with Crippen molar-refractivity contribution >= 4 is 5.78 Å². The molecule has 1 aliphatic heterocycles. The van der Waals surface area contributed by atoms with Gasteiger partial charge in [-0.3, -0.25) is 4.79 Å². The van der Waals surface area contributed by atoms with Crippen LogP contribution in [-0.4, -0.2) is 18.0 Å². The number of carbonyl (C=O) groups excluding carboxylic acids is 1. The first kappa shape index (κ1) is 12.2. The molecule has 0 saturated carbocycles. The number of ether oxygens (including phenoxy) is 1. The number of benzene rings is 1. The fraction of sp³-hybridized carbons (Fsp3) is 0.500. The fourth-order valence-electron chi connectivity index (χ4n) is 2.16. The number of Topliss-reactive ketones (excluding diaryl/α,β-unsaturated/α-hetero) is 1. The van der Waals surface area contributed by atoms with Gasteiger partial charge in [0.05, 0.1) is 0 Å². The molecule has 1 aromatic carbocycles. The number of hydrogen-bond acceptors (Lipinski definition) is 2. The lowest BCUT2D eigenvalue weighted by atomic mass is 9.88. The number of ketones is 1. The molecule has 1 unspecified atom stereocenters. The predicted molar refractivity (Wildman–Crippen MR) is 63.3 cm³/mol. The lowest BCUT2D eigenvalue weighted by Gasteiger charge is -2.32. The molecule has 1 aliphatic rings. The van der Waals surface area contributed by atoms with Crippen LogP contribution < -0.4 is 0 Å². The molecule has 0 bridgehead atoms. The summed E-state index contributed by atoms with van der Waals surface area (Å²) in [6.07, 6.45) is 2.85. The summed E-state index contributed by atoms with van der Waals surface area (Å²) in [6.45, 7) is 2.44. The van der Waals surface area contributed by atoms with E-state index in [0.29, 0.717) is 12.2 Å². The highest BCUT2D eigenvalue weighted by Crippen LogP contribution is 2.27. The molecule has 1 aromatic rings. The van der Waals surface area contributed by atoms with Crippen LogP contribution in [0.5, 0.6) is 0 Å². The predicted octanol–water partition coefficient (Wildman–Crippen LogP) is 2.90. The highest BCUT2D eigenvalue weighted by Gasteiger charge is 2.35. The second-order valence-electron chi connectivity index (χ2n) is 4.73. The van der Waals surface area contributed by atoms with Gasteiger partial charge < -0.3 is 4.74 Å². The number of carbonyl (C=O) groups is 1. The maximum absolute atomic E-state index is 13.4. The Balaban J connectivity index is 2.08. The largest absolute Gasteiger partial charge is 0.367 e. The van der Waals surface area contributed by atoms with Crippen molar-refractivity contribution in [2.24, 2.45) is 0 Å². The number of hydrogen-bond donors (Lipinski definition) is 0. The van der Waals surface area contributed by atoms with E-state index in [-0.39, 0.29) is 18.0 Å². The highest BCUT2D eigenvalue weighted by molar-refractivity contribution is 5.88. The Kier molecular flexibility index (Phi) is 3.57. The summed E-state index contributed by atoms with van der Waals surface area (Å²) in [5.41, 5.74) is -0.270. The zero-order valence-corrected chi connectivity index (χ0v) is 10.0. The molecule has 0 aromatic heterocycles. The van der Waals surface area contributed by atoms with Crippen molar-refractivity contribution in [3.05, 3.63) is 35.6 Å². The second-order valence-corrected chi connectivity index (χ2v) is 4.73. The van der Waals surface area contributed by atoms with Gasteiger partial charge in [-0.15, -0.1) is 0 Å². The minimum atomic E-state index is -0.722. The second kappa shape index (κ2) is 4.96. The first-order valence-corrected chi connectivity index (χ1v) is 6.02. The Labute approximate surface area is 101 Å². The van der Waals surface area contributed by atoms with Gasteiger partial charge in [-0.05, 0) is 37.8 Å². The smallest absolute Gasteiger partial charge is 0.168 e. The summed E-state index contributed by atoms with van der Waals surface area (Å²) < 4.78 is 19.0. The molecule has 92 valence electrons. The topological polar surface area (TPSA) is 26.3 Å². The van der Waals surface area contributed by atoms with Crippen LogP contribution >= 0.6 is 0 Å². The summed E-state index contributed by atoms with van der Waals surface area (Å²) in [4.78, 5) is 12.1. The third-order valence-electron chi connectivity index (χ3n) is 3.37. The average molecular weight is 236 g/mol. The van der Waals surface area contributed by atoms with Crippen LogP contribution in [0, 0.1) is 5.82 Å². The van der Waals surface area contributed by atoms with Gasteiger partial charge in [0, 0.05) is 13.0 Å². The Hall–Kier alpha value is -1.22. The van der Waals surface area contributed by atoms with Crippen molar-refractivity contribution in [3.8, 4) is 0 Å². The summed E-state index contributed by atoms with van der Waals surface area (Å²) >= 11 is 0. The fourth-order valence-corrected chi connectivity index (χ4v) is 2.16. The third kappa shape index (κ3) is 2.72. The molecule has 2 rings (SSSR count). The summed E-state index contributed by atoms with van der Waals surface area (Å²) in [6, 6.07) is 6.41. The van der Waals surface area contributed by atoms with Crippen LogP contribution in [-0.2, 0) is 16.0 Å². The Morgan fingerprint density at radius 2 is 2.18 bits per heavy atom. The van der Waals surface area contributed by atoms with Gasteiger partial charge in [-0.1, -0.05) is 18.2 Å². The molecule has 0 amide bonds. The minimum absolute atomic E-state index is 0.0256. The molecule has 1 fully saturated rings. The molecule has 2 nitrogen and oxygen atoms in total. The highest BCUT2D eigenvalue weighted by atomic mass is 19.1. The van der Waals surface area contributed by atoms with E-state index in [1.54, 1.807) is 18.2 Å². The van der Waals surface area contributed by atoms with Crippen molar-refractivity contribution in [2.45, 2.75) is 38.2 Å². The lowest BCUT2D eigenvalue weighted by Crippen LogP contribution is -2.42. The minimum Gasteiger partial charge on any atom is -0.367 e. The van der Waals surface area contributed by atoms with Crippen molar-refractivity contribution in [1.29, 1.82) is 0 Å². The summed E-state index contributed by atoms with van der Waals surface area (Å²) in [5, 5.41) is 0. The van der Waals surface area contributed by atoms with Gasteiger partial charge in [-0.25, -0.2) is 4.39 Å². The van der Waals surface area contributed by atoms with Gasteiger partial charge in [-0.2, -0.15) is 0 Å².